The number of thioether (sulfide) groups is 1. The number of terminal acetylenes is 1. The molecule has 6 heteroatoms. The lowest BCUT2D eigenvalue weighted by atomic mass is 10.3. The van der Waals surface area contributed by atoms with E-state index in [-0.39, 0.29) is 12.5 Å². The van der Waals surface area contributed by atoms with E-state index in [1.165, 1.54) is 11.8 Å². The number of nitrogens with zero attached hydrogens (tertiary/aromatic N) is 2. The number of hydrogen-bond donors (Lipinski definition) is 1. The lowest BCUT2D eigenvalue weighted by molar-refractivity contribution is -0.118. The number of halogens is 1. The molecule has 110 valence electrons. The van der Waals surface area contributed by atoms with Crippen LogP contribution in [0.4, 0.5) is 0 Å². The molecule has 1 heterocycles. The highest BCUT2D eigenvalue weighted by Gasteiger charge is 2.12. The molecule has 0 unspecified atom stereocenters. The molecule has 0 saturated carbocycles. The third kappa shape index (κ3) is 3.93. The molecule has 0 bridgehead atoms. The predicted molar refractivity (Wildman–Crippen MR) is 87.6 cm³/mol. The minimum atomic E-state index is -0.0916. The normalized spacial score (nSPS) is 10.5. The molecular weight excluding hydrogens is 306 g/mol. The number of rotatable bonds is 6. The monoisotopic (exact) mass is 321 g/mol. The van der Waals surface area contributed by atoms with E-state index in [0.29, 0.717) is 10.8 Å². The second kappa shape index (κ2) is 7.39. The summed E-state index contributed by atoms with van der Waals surface area (Å²) in [6.07, 6.45) is 6.10. The van der Waals surface area contributed by atoms with Gasteiger partial charge in [0.25, 0.3) is 0 Å². The second-order valence-electron chi connectivity index (χ2n) is 4.45. The molecule has 0 saturated heterocycles. The average Bonchev–Trinajstić information content (AvgIpc) is 2.80. The van der Waals surface area contributed by atoms with Crippen molar-refractivity contribution in [2.45, 2.75) is 25.0 Å². The number of fused-ring (bicyclic) bond motifs is 1. The molecule has 0 aliphatic carbocycles. The van der Waals surface area contributed by atoms with E-state index in [4.69, 9.17) is 18.0 Å². The van der Waals surface area contributed by atoms with Gasteiger partial charge in [-0.1, -0.05) is 36.2 Å². The Morgan fingerprint density at radius 3 is 3.10 bits per heavy atom. The van der Waals surface area contributed by atoms with E-state index >= 15 is 0 Å². The summed E-state index contributed by atoms with van der Waals surface area (Å²) in [6, 6.07) is 5.65. The topological polar surface area (TPSA) is 46.9 Å². The first-order valence-electron chi connectivity index (χ1n) is 6.64. The van der Waals surface area contributed by atoms with Gasteiger partial charge < -0.3 is 9.88 Å². The SMILES string of the molecule is C#CCNC(=O)CSc1nc2cc(Cl)ccc2n1CCC. The van der Waals surface area contributed by atoms with Crippen molar-refractivity contribution in [3.63, 3.8) is 0 Å². The minimum absolute atomic E-state index is 0.0916. The molecule has 1 amide bonds. The van der Waals surface area contributed by atoms with Gasteiger partial charge in [-0.2, -0.15) is 0 Å². The highest BCUT2D eigenvalue weighted by atomic mass is 35.5. The van der Waals surface area contributed by atoms with Crippen LogP contribution in [0.1, 0.15) is 13.3 Å². The molecule has 0 atom stereocenters. The zero-order valence-electron chi connectivity index (χ0n) is 11.7. The Balaban J connectivity index is 2.20. The lowest BCUT2D eigenvalue weighted by Gasteiger charge is -2.07. The highest BCUT2D eigenvalue weighted by molar-refractivity contribution is 7.99. The fraction of sp³-hybridized carbons (Fsp3) is 0.333. The Morgan fingerprint density at radius 2 is 2.38 bits per heavy atom. The van der Waals surface area contributed by atoms with Crippen molar-refractivity contribution < 1.29 is 4.79 Å². The van der Waals surface area contributed by atoms with Gasteiger partial charge >= 0.3 is 0 Å². The van der Waals surface area contributed by atoms with Crippen LogP contribution < -0.4 is 5.32 Å². The summed E-state index contributed by atoms with van der Waals surface area (Å²) in [7, 11) is 0. The number of imidazole rings is 1. The zero-order chi connectivity index (χ0) is 15.2. The number of aryl methyl sites for hydroxylation is 1. The standard InChI is InChI=1S/C15H16ClN3OS/c1-3-7-17-14(20)10-21-15-18-12-9-11(16)5-6-13(12)19(15)8-4-2/h1,5-6,9H,4,7-8,10H2,2H3,(H,17,20). The van der Waals surface area contributed by atoms with Gasteiger partial charge in [0, 0.05) is 11.6 Å². The molecule has 21 heavy (non-hydrogen) atoms. The Kier molecular flexibility index (Phi) is 5.54. The summed E-state index contributed by atoms with van der Waals surface area (Å²) in [4.78, 5) is 16.2. The van der Waals surface area contributed by atoms with Gasteiger partial charge in [0.05, 0.1) is 23.3 Å². The summed E-state index contributed by atoms with van der Waals surface area (Å²) in [6.45, 7) is 3.21. The van der Waals surface area contributed by atoms with Crippen LogP contribution in [-0.2, 0) is 11.3 Å². The van der Waals surface area contributed by atoms with Crippen molar-refractivity contribution in [1.82, 2.24) is 14.9 Å². The molecule has 0 spiro atoms. The number of amides is 1. The molecule has 2 aromatic rings. The molecule has 0 fully saturated rings. The second-order valence-corrected chi connectivity index (χ2v) is 5.83. The molecule has 0 aliphatic heterocycles. The summed E-state index contributed by atoms with van der Waals surface area (Å²) in [5.74, 6) is 2.58. The molecule has 2 rings (SSSR count). The van der Waals surface area contributed by atoms with Crippen LogP contribution in [0.25, 0.3) is 11.0 Å². The summed E-state index contributed by atoms with van der Waals surface area (Å²) < 4.78 is 2.12. The van der Waals surface area contributed by atoms with Crippen LogP contribution in [-0.4, -0.2) is 27.8 Å². The number of hydrogen-bond acceptors (Lipinski definition) is 3. The third-order valence-corrected chi connectivity index (χ3v) is 4.05. The van der Waals surface area contributed by atoms with Gasteiger partial charge in [-0.05, 0) is 24.6 Å². The maximum Gasteiger partial charge on any atom is 0.231 e. The number of carbonyl (C=O) groups excluding carboxylic acids is 1. The molecule has 0 aliphatic rings. The van der Waals surface area contributed by atoms with Gasteiger partial charge in [0.15, 0.2) is 5.16 Å². The van der Waals surface area contributed by atoms with Crippen molar-refractivity contribution >= 4 is 40.3 Å². The number of aromatic nitrogens is 2. The largest absolute Gasteiger partial charge is 0.344 e. The van der Waals surface area contributed by atoms with Crippen LogP contribution in [0.2, 0.25) is 5.02 Å². The third-order valence-electron chi connectivity index (χ3n) is 2.84. The smallest absolute Gasteiger partial charge is 0.231 e. The van der Waals surface area contributed by atoms with Gasteiger partial charge in [-0.25, -0.2) is 4.98 Å². The molecule has 4 nitrogen and oxygen atoms in total. The maximum absolute atomic E-state index is 11.6. The Labute approximate surface area is 133 Å². The Bertz CT molecular complexity index is 690. The molecule has 1 N–H and O–H groups in total. The molecule has 0 radical (unpaired) electrons. The van der Waals surface area contributed by atoms with Crippen LogP contribution in [0.15, 0.2) is 23.4 Å². The predicted octanol–water partition coefficient (Wildman–Crippen LogP) is 2.94. The van der Waals surface area contributed by atoms with E-state index in [2.05, 4.69) is 27.7 Å². The van der Waals surface area contributed by atoms with Gasteiger partial charge in [-0.15, -0.1) is 6.42 Å². The van der Waals surface area contributed by atoms with E-state index in [1.54, 1.807) is 0 Å². The van der Waals surface area contributed by atoms with E-state index < -0.39 is 0 Å². The van der Waals surface area contributed by atoms with E-state index in [0.717, 1.165) is 29.2 Å². The van der Waals surface area contributed by atoms with Crippen LogP contribution in [0.5, 0.6) is 0 Å². The van der Waals surface area contributed by atoms with E-state index in [1.807, 2.05) is 18.2 Å². The summed E-state index contributed by atoms with van der Waals surface area (Å²) in [5.41, 5.74) is 1.88. The average molecular weight is 322 g/mol. The number of nitrogens with one attached hydrogen (secondary N) is 1. The first-order chi connectivity index (χ1) is 10.2. The highest BCUT2D eigenvalue weighted by Crippen LogP contribution is 2.26. The lowest BCUT2D eigenvalue weighted by Crippen LogP contribution is -2.25. The fourth-order valence-corrected chi connectivity index (χ4v) is 3.00. The van der Waals surface area contributed by atoms with Crippen molar-refractivity contribution in [3.8, 4) is 12.3 Å². The molecule has 1 aromatic heterocycles. The first kappa shape index (κ1) is 15.7. The van der Waals surface area contributed by atoms with Crippen molar-refractivity contribution in [3.05, 3.63) is 23.2 Å². The van der Waals surface area contributed by atoms with Gasteiger partial charge in [0.1, 0.15) is 0 Å². The van der Waals surface area contributed by atoms with Crippen molar-refractivity contribution in [2.24, 2.45) is 0 Å². The van der Waals surface area contributed by atoms with Gasteiger partial charge in [0.2, 0.25) is 5.91 Å². The van der Waals surface area contributed by atoms with Crippen LogP contribution in [0, 0.1) is 12.3 Å². The zero-order valence-corrected chi connectivity index (χ0v) is 13.3. The van der Waals surface area contributed by atoms with Crippen molar-refractivity contribution in [1.29, 1.82) is 0 Å². The number of carbonyl (C=O) groups is 1. The minimum Gasteiger partial charge on any atom is -0.344 e. The first-order valence-corrected chi connectivity index (χ1v) is 8.00. The van der Waals surface area contributed by atoms with E-state index in [9.17, 15) is 4.79 Å². The van der Waals surface area contributed by atoms with Gasteiger partial charge in [-0.3, -0.25) is 4.79 Å². The molecular formula is C15H16ClN3OS. The van der Waals surface area contributed by atoms with Crippen LogP contribution in [0.3, 0.4) is 0 Å². The Morgan fingerprint density at radius 1 is 1.57 bits per heavy atom. The van der Waals surface area contributed by atoms with Crippen LogP contribution >= 0.6 is 23.4 Å². The molecule has 1 aromatic carbocycles. The quantitative estimate of drug-likeness (QED) is 0.657. The number of benzene rings is 1. The summed E-state index contributed by atoms with van der Waals surface area (Å²) >= 11 is 7.41. The Hall–Kier alpha value is -1.64. The fourth-order valence-electron chi connectivity index (χ4n) is 1.96. The van der Waals surface area contributed by atoms with Crippen molar-refractivity contribution in [2.75, 3.05) is 12.3 Å². The summed E-state index contributed by atoms with van der Waals surface area (Å²) in [5, 5.41) is 4.13. The maximum atomic E-state index is 11.6.